The van der Waals surface area contributed by atoms with E-state index in [0.29, 0.717) is 0 Å². The maximum atomic E-state index is 10.2. The van der Waals surface area contributed by atoms with Gasteiger partial charge in [0.1, 0.15) is 6.10 Å². The molecule has 1 amide bonds. The number of methoxy groups -OCH3 is 1. The monoisotopic (exact) mass is 137 g/mol. The van der Waals surface area contributed by atoms with Gasteiger partial charge in [0.05, 0.1) is 5.88 Å². The van der Waals surface area contributed by atoms with E-state index in [1.54, 1.807) is 0 Å². The molecule has 0 rings (SSSR count). The van der Waals surface area contributed by atoms with Crippen LogP contribution < -0.4 is 5.73 Å². The third kappa shape index (κ3) is 2.14. The standard InChI is InChI=1S/C4H8ClNO2/c1-8-3(2-5)4(6)7/h3H,2H2,1H3,(H2,6,7). The van der Waals surface area contributed by atoms with Crippen molar-refractivity contribution >= 4 is 17.5 Å². The number of hydrogen-bond donors (Lipinski definition) is 1. The Morgan fingerprint density at radius 2 is 2.50 bits per heavy atom. The molecule has 0 aromatic heterocycles. The van der Waals surface area contributed by atoms with Crippen molar-refractivity contribution in [3.05, 3.63) is 0 Å². The van der Waals surface area contributed by atoms with Crippen LogP contribution in [0.15, 0.2) is 0 Å². The van der Waals surface area contributed by atoms with Gasteiger partial charge in [0.15, 0.2) is 0 Å². The highest BCUT2D eigenvalue weighted by Gasteiger charge is 2.10. The molecule has 48 valence electrons. The van der Waals surface area contributed by atoms with Crippen molar-refractivity contribution in [2.24, 2.45) is 5.73 Å². The first-order valence-electron chi connectivity index (χ1n) is 2.10. The van der Waals surface area contributed by atoms with Gasteiger partial charge >= 0.3 is 0 Å². The van der Waals surface area contributed by atoms with Gasteiger partial charge in [-0.2, -0.15) is 0 Å². The molecule has 0 aromatic carbocycles. The number of amides is 1. The van der Waals surface area contributed by atoms with E-state index in [4.69, 9.17) is 17.3 Å². The molecule has 0 heterocycles. The summed E-state index contributed by atoms with van der Waals surface area (Å²) in [5, 5.41) is 0. The summed E-state index contributed by atoms with van der Waals surface area (Å²) in [6, 6.07) is 0. The Morgan fingerprint density at radius 1 is 2.00 bits per heavy atom. The van der Waals surface area contributed by atoms with Crippen LogP contribution in [0.5, 0.6) is 0 Å². The molecule has 0 spiro atoms. The fourth-order valence-corrected chi connectivity index (χ4v) is 0.533. The number of carbonyl (C=O) groups is 1. The highest BCUT2D eigenvalue weighted by atomic mass is 35.5. The average Bonchev–Trinajstić information content (AvgIpc) is 1.69. The second kappa shape index (κ2) is 3.69. The molecule has 0 fully saturated rings. The van der Waals surface area contributed by atoms with Gasteiger partial charge in [-0.3, -0.25) is 4.79 Å². The number of primary amides is 1. The molecule has 1 unspecified atom stereocenters. The van der Waals surface area contributed by atoms with Gasteiger partial charge in [-0.15, -0.1) is 11.6 Å². The Morgan fingerprint density at radius 3 is 2.50 bits per heavy atom. The van der Waals surface area contributed by atoms with Crippen molar-refractivity contribution in [1.82, 2.24) is 0 Å². The van der Waals surface area contributed by atoms with E-state index in [-0.39, 0.29) is 5.88 Å². The fourth-order valence-electron chi connectivity index (χ4n) is 0.255. The Labute approximate surface area is 52.8 Å². The summed E-state index contributed by atoms with van der Waals surface area (Å²) in [7, 11) is 1.39. The molecule has 0 radical (unpaired) electrons. The first-order chi connectivity index (χ1) is 3.72. The van der Waals surface area contributed by atoms with Crippen LogP contribution in [0.2, 0.25) is 0 Å². The zero-order valence-corrected chi connectivity index (χ0v) is 5.31. The maximum Gasteiger partial charge on any atom is 0.247 e. The van der Waals surface area contributed by atoms with E-state index in [1.165, 1.54) is 7.11 Å². The minimum atomic E-state index is -0.642. The summed E-state index contributed by atoms with van der Waals surface area (Å²) >= 11 is 5.24. The van der Waals surface area contributed by atoms with Crippen LogP contribution in [0.1, 0.15) is 0 Å². The lowest BCUT2D eigenvalue weighted by molar-refractivity contribution is -0.126. The SMILES string of the molecule is COC(CCl)C(N)=O. The lowest BCUT2D eigenvalue weighted by Crippen LogP contribution is -2.31. The summed E-state index contributed by atoms with van der Waals surface area (Å²) in [5.74, 6) is -0.409. The molecule has 0 aliphatic carbocycles. The predicted octanol–water partition coefficient (Wildman–Crippen LogP) is -0.275. The second-order valence-corrected chi connectivity index (χ2v) is 1.59. The van der Waals surface area contributed by atoms with Gasteiger partial charge in [-0.05, 0) is 0 Å². The summed E-state index contributed by atoms with van der Waals surface area (Å²) in [6.45, 7) is 0. The highest BCUT2D eigenvalue weighted by Crippen LogP contribution is 1.90. The third-order valence-electron chi connectivity index (χ3n) is 0.742. The fraction of sp³-hybridized carbons (Fsp3) is 0.750. The molecule has 2 N–H and O–H groups in total. The lowest BCUT2D eigenvalue weighted by atomic mass is 10.4. The van der Waals surface area contributed by atoms with Crippen LogP contribution in [0, 0.1) is 0 Å². The van der Waals surface area contributed by atoms with Crippen molar-refractivity contribution in [1.29, 1.82) is 0 Å². The number of halogens is 1. The first-order valence-corrected chi connectivity index (χ1v) is 2.64. The Balaban J connectivity index is 3.52. The summed E-state index contributed by atoms with van der Waals surface area (Å²) in [5.41, 5.74) is 4.81. The minimum Gasteiger partial charge on any atom is -0.370 e. The van der Waals surface area contributed by atoms with Gasteiger partial charge < -0.3 is 10.5 Å². The quantitative estimate of drug-likeness (QED) is 0.545. The third-order valence-corrected chi connectivity index (χ3v) is 1.02. The molecule has 3 nitrogen and oxygen atoms in total. The molecule has 0 aliphatic rings. The van der Waals surface area contributed by atoms with Crippen LogP contribution in [0.3, 0.4) is 0 Å². The molecule has 0 aliphatic heterocycles. The summed E-state index contributed by atoms with van der Waals surface area (Å²) in [6.07, 6.45) is -0.642. The number of ether oxygens (including phenoxy) is 1. The van der Waals surface area contributed by atoms with Crippen molar-refractivity contribution in [2.45, 2.75) is 6.10 Å². The summed E-state index contributed by atoms with van der Waals surface area (Å²) < 4.78 is 4.55. The van der Waals surface area contributed by atoms with Gasteiger partial charge in [-0.1, -0.05) is 0 Å². The van der Waals surface area contributed by atoms with Gasteiger partial charge in [0, 0.05) is 7.11 Å². The molecule has 0 aromatic rings. The van der Waals surface area contributed by atoms with Crippen LogP contribution in [-0.2, 0) is 9.53 Å². The minimum absolute atomic E-state index is 0.117. The van der Waals surface area contributed by atoms with E-state index in [9.17, 15) is 4.79 Å². The smallest absolute Gasteiger partial charge is 0.247 e. The van der Waals surface area contributed by atoms with E-state index in [0.717, 1.165) is 0 Å². The molecule has 0 bridgehead atoms. The van der Waals surface area contributed by atoms with Crippen LogP contribution in [-0.4, -0.2) is 25.0 Å². The van der Waals surface area contributed by atoms with Gasteiger partial charge in [-0.25, -0.2) is 0 Å². The molecule has 0 saturated carbocycles. The average molecular weight is 138 g/mol. The summed E-state index contributed by atoms with van der Waals surface area (Å²) in [4.78, 5) is 10.2. The highest BCUT2D eigenvalue weighted by molar-refractivity contribution is 6.19. The molecule has 4 heteroatoms. The topological polar surface area (TPSA) is 52.3 Å². The Bertz CT molecular complexity index is 82.1. The zero-order valence-electron chi connectivity index (χ0n) is 4.56. The Kier molecular flexibility index (Phi) is 3.56. The van der Waals surface area contributed by atoms with E-state index < -0.39 is 12.0 Å². The predicted molar refractivity (Wildman–Crippen MR) is 30.7 cm³/mol. The van der Waals surface area contributed by atoms with Crippen LogP contribution in [0.4, 0.5) is 0 Å². The number of rotatable bonds is 3. The number of nitrogens with two attached hydrogens (primary N) is 1. The zero-order chi connectivity index (χ0) is 6.57. The van der Waals surface area contributed by atoms with E-state index >= 15 is 0 Å². The first kappa shape index (κ1) is 7.72. The Hall–Kier alpha value is -0.280. The normalized spacial score (nSPS) is 13.2. The molecule has 1 atom stereocenters. The number of hydrogen-bond acceptors (Lipinski definition) is 2. The lowest BCUT2D eigenvalue weighted by Gasteiger charge is -2.04. The molecule has 0 saturated heterocycles. The molecular weight excluding hydrogens is 130 g/mol. The van der Waals surface area contributed by atoms with Crippen molar-refractivity contribution < 1.29 is 9.53 Å². The van der Waals surface area contributed by atoms with E-state index in [2.05, 4.69) is 4.74 Å². The number of carbonyl (C=O) groups excluding carboxylic acids is 1. The maximum absolute atomic E-state index is 10.2. The largest absolute Gasteiger partial charge is 0.370 e. The second-order valence-electron chi connectivity index (χ2n) is 1.28. The number of alkyl halides is 1. The molecule has 8 heavy (non-hydrogen) atoms. The van der Waals surface area contributed by atoms with Crippen LogP contribution >= 0.6 is 11.6 Å². The van der Waals surface area contributed by atoms with Crippen molar-refractivity contribution in [3.8, 4) is 0 Å². The van der Waals surface area contributed by atoms with Gasteiger partial charge in [0.25, 0.3) is 0 Å². The van der Waals surface area contributed by atoms with Crippen molar-refractivity contribution in [2.75, 3.05) is 13.0 Å². The van der Waals surface area contributed by atoms with Crippen LogP contribution in [0.25, 0.3) is 0 Å². The molecular formula is C4H8ClNO2. The van der Waals surface area contributed by atoms with Gasteiger partial charge in [0.2, 0.25) is 5.91 Å². The van der Waals surface area contributed by atoms with E-state index in [1.807, 2.05) is 0 Å². The van der Waals surface area contributed by atoms with Crippen molar-refractivity contribution in [3.63, 3.8) is 0 Å².